The van der Waals surface area contributed by atoms with Gasteiger partial charge < -0.3 is 16.8 Å². The first kappa shape index (κ1) is 10.9. The average molecular weight is 220 g/mol. The number of nitrogens with one attached hydrogen (secondary N) is 1. The summed E-state index contributed by atoms with van der Waals surface area (Å²) in [5, 5.41) is 3.16. The summed E-state index contributed by atoms with van der Waals surface area (Å²) >= 11 is 0. The zero-order chi connectivity index (χ0) is 11.6. The van der Waals surface area contributed by atoms with Crippen molar-refractivity contribution >= 4 is 11.7 Å². The Morgan fingerprint density at radius 3 is 2.88 bits per heavy atom. The lowest BCUT2D eigenvalue weighted by Crippen LogP contribution is -2.25. The van der Waals surface area contributed by atoms with Crippen LogP contribution in [0.2, 0.25) is 0 Å². The summed E-state index contributed by atoms with van der Waals surface area (Å²) < 4.78 is 0. The third kappa shape index (κ3) is 2.14. The molecular formula is C11H16N4O. The Morgan fingerprint density at radius 2 is 2.31 bits per heavy atom. The van der Waals surface area contributed by atoms with Crippen LogP contribution in [0.4, 0.5) is 5.82 Å². The Labute approximate surface area is 94.2 Å². The summed E-state index contributed by atoms with van der Waals surface area (Å²) in [7, 11) is 0. The van der Waals surface area contributed by atoms with Crippen LogP contribution >= 0.6 is 0 Å². The first-order valence-electron chi connectivity index (χ1n) is 5.36. The summed E-state index contributed by atoms with van der Waals surface area (Å²) in [6.45, 7) is 1.42. The molecule has 1 fully saturated rings. The van der Waals surface area contributed by atoms with Gasteiger partial charge in [0.15, 0.2) is 0 Å². The van der Waals surface area contributed by atoms with E-state index < -0.39 is 5.91 Å². The fourth-order valence-corrected chi connectivity index (χ4v) is 1.65. The molecule has 0 unspecified atom stereocenters. The molecule has 0 atom stereocenters. The maximum atomic E-state index is 11.1. The molecule has 0 aromatic carbocycles. The molecule has 1 aromatic rings. The highest BCUT2D eigenvalue weighted by atomic mass is 16.1. The van der Waals surface area contributed by atoms with Crippen molar-refractivity contribution in [2.45, 2.75) is 12.8 Å². The number of primary amides is 1. The Kier molecular flexibility index (Phi) is 2.78. The number of nitrogens with two attached hydrogens (primary N) is 2. The largest absolute Gasteiger partial charge is 0.369 e. The predicted molar refractivity (Wildman–Crippen MR) is 62.0 cm³/mol. The maximum Gasteiger partial charge on any atom is 0.252 e. The van der Waals surface area contributed by atoms with Crippen molar-refractivity contribution in [2.75, 3.05) is 18.4 Å². The zero-order valence-electron chi connectivity index (χ0n) is 9.07. The van der Waals surface area contributed by atoms with E-state index >= 15 is 0 Å². The summed E-state index contributed by atoms with van der Waals surface area (Å²) in [4.78, 5) is 15.3. The van der Waals surface area contributed by atoms with Gasteiger partial charge in [-0.15, -0.1) is 0 Å². The lowest BCUT2D eigenvalue weighted by atomic mass is 10.1. The molecule has 0 saturated heterocycles. The summed E-state index contributed by atoms with van der Waals surface area (Å²) in [5.41, 5.74) is 11.6. The SMILES string of the molecule is NCC1(CNc2ncccc2C(N)=O)CC1. The van der Waals surface area contributed by atoms with Crippen LogP contribution in [-0.2, 0) is 0 Å². The molecule has 5 nitrogen and oxygen atoms in total. The molecule has 5 N–H and O–H groups in total. The number of nitrogens with zero attached hydrogens (tertiary/aromatic N) is 1. The minimum atomic E-state index is -0.465. The standard InChI is InChI=1S/C11H16N4O/c12-6-11(3-4-11)7-15-10-8(9(13)16)2-1-5-14-10/h1-2,5H,3-4,6-7,12H2,(H2,13,16)(H,14,15). The van der Waals surface area contributed by atoms with Gasteiger partial charge in [-0.05, 0) is 36.9 Å². The van der Waals surface area contributed by atoms with E-state index in [1.54, 1.807) is 18.3 Å². The molecule has 1 heterocycles. The average Bonchev–Trinajstić information content (AvgIpc) is 3.07. The summed E-state index contributed by atoms with van der Waals surface area (Å²) in [6, 6.07) is 3.36. The number of carbonyl (C=O) groups excluding carboxylic acids is 1. The van der Waals surface area contributed by atoms with Gasteiger partial charge in [-0.2, -0.15) is 0 Å². The van der Waals surface area contributed by atoms with Gasteiger partial charge in [0, 0.05) is 12.7 Å². The highest BCUT2D eigenvalue weighted by Gasteiger charge is 2.41. The minimum Gasteiger partial charge on any atom is -0.369 e. The third-order valence-corrected chi connectivity index (χ3v) is 3.09. The van der Waals surface area contributed by atoms with E-state index in [2.05, 4.69) is 10.3 Å². The highest BCUT2D eigenvalue weighted by molar-refractivity contribution is 5.97. The smallest absolute Gasteiger partial charge is 0.252 e. The first-order chi connectivity index (χ1) is 7.67. The maximum absolute atomic E-state index is 11.1. The fourth-order valence-electron chi connectivity index (χ4n) is 1.65. The lowest BCUT2D eigenvalue weighted by Gasteiger charge is -2.14. The second-order valence-electron chi connectivity index (χ2n) is 4.32. The number of amides is 1. The molecule has 1 aliphatic rings. The van der Waals surface area contributed by atoms with Crippen molar-refractivity contribution in [3.8, 4) is 0 Å². The Balaban J connectivity index is 2.06. The number of aromatic nitrogens is 1. The molecule has 1 amide bonds. The second kappa shape index (κ2) is 4.09. The predicted octanol–water partition coefficient (Wildman–Crippen LogP) is 0.331. The number of hydrogen-bond acceptors (Lipinski definition) is 4. The van der Waals surface area contributed by atoms with Crippen molar-refractivity contribution in [1.29, 1.82) is 0 Å². The van der Waals surface area contributed by atoms with Crippen LogP contribution in [0.15, 0.2) is 18.3 Å². The van der Waals surface area contributed by atoms with Crippen molar-refractivity contribution < 1.29 is 4.79 Å². The molecule has 1 saturated carbocycles. The summed E-state index contributed by atoms with van der Waals surface area (Å²) in [5.74, 6) is 0.0860. The Morgan fingerprint density at radius 1 is 1.56 bits per heavy atom. The molecule has 1 aromatic heterocycles. The number of carbonyl (C=O) groups is 1. The first-order valence-corrected chi connectivity index (χ1v) is 5.36. The van der Waals surface area contributed by atoms with Gasteiger partial charge in [0.2, 0.25) is 0 Å². The minimum absolute atomic E-state index is 0.201. The highest BCUT2D eigenvalue weighted by Crippen LogP contribution is 2.44. The Hall–Kier alpha value is -1.62. The van der Waals surface area contributed by atoms with E-state index in [4.69, 9.17) is 11.5 Å². The number of pyridine rings is 1. The van der Waals surface area contributed by atoms with Gasteiger partial charge >= 0.3 is 0 Å². The molecule has 86 valence electrons. The summed E-state index contributed by atoms with van der Waals surface area (Å²) in [6.07, 6.45) is 3.90. The molecule has 1 aliphatic carbocycles. The van der Waals surface area contributed by atoms with E-state index in [0.717, 1.165) is 19.4 Å². The monoisotopic (exact) mass is 220 g/mol. The van der Waals surface area contributed by atoms with Crippen molar-refractivity contribution in [1.82, 2.24) is 4.98 Å². The van der Waals surface area contributed by atoms with Crippen LogP contribution in [0.1, 0.15) is 23.2 Å². The van der Waals surface area contributed by atoms with Crippen LogP contribution in [0, 0.1) is 5.41 Å². The normalized spacial score (nSPS) is 16.8. The van der Waals surface area contributed by atoms with Crippen LogP contribution in [0.25, 0.3) is 0 Å². The topological polar surface area (TPSA) is 94.0 Å². The molecule has 5 heteroatoms. The fraction of sp³-hybridized carbons (Fsp3) is 0.455. The number of hydrogen-bond donors (Lipinski definition) is 3. The van der Waals surface area contributed by atoms with Gasteiger partial charge in [-0.3, -0.25) is 4.79 Å². The zero-order valence-corrected chi connectivity index (χ0v) is 9.07. The lowest BCUT2D eigenvalue weighted by molar-refractivity contribution is 0.100. The molecule has 0 bridgehead atoms. The van der Waals surface area contributed by atoms with Gasteiger partial charge in [0.05, 0.1) is 5.56 Å². The van der Waals surface area contributed by atoms with Crippen molar-refractivity contribution in [2.24, 2.45) is 16.9 Å². The van der Waals surface area contributed by atoms with Gasteiger partial charge in [-0.1, -0.05) is 0 Å². The van der Waals surface area contributed by atoms with E-state index in [1.165, 1.54) is 0 Å². The van der Waals surface area contributed by atoms with Crippen molar-refractivity contribution in [3.05, 3.63) is 23.9 Å². The molecule has 0 spiro atoms. The van der Waals surface area contributed by atoms with E-state index in [0.29, 0.717) is 17.9 Å². The van der Waals surface area contributed by atoms with Gasteiger partial charge in [0.25, 0.3) is 5.91 Å². The molecule has 16 heavy (non-hydrogen) atoms. The Bertz CT molecular complexity index is 401. The van der Waals surface area contributed by atoms with Crippen molar-refractivity contribution in [3.63, 3.8) is 0 Å². The second-order valence-corrected chi connectivity index (χ2v) is 4.32. The van der Waals surface area contributed by atoms with Crippen LogP contribution in [-0.4, -0.2) is 24.0 Å². The third-order valence-electron chi connectivity index (χ3n) is 3.09. The van der Waals surface area contributed by atoms with E-state index in [9.17, 15) is 4.79 Å². The van der Waals surface area contributed by atoms with Crippen LogP contribution < -0.4 is 16.8 Å². The quantitative estimate of drug-likeness (QED) is 0.666. The van der Waals surface area contributed by atoms with Crippen LogP contribution in [0.5, 0.6) is 0 Å². The van der Waals surface area contributed by atoms with E-state index in [1.807, 2.05) is 0 Å². The van der Waals surface area contributed by atoms with Gasteiger partial charge in [-0.25, -0.2) is 4.98 Å². The molecule has 2 rings (SSSR count). The molecular weight excluding hydrogens is 204 g/mol. The van der Waals surface area contributed by atoms with Gasteiger partial charge in [0.1, 0.15) is 5.82 Å². The number of anilines is 1. The molecule has 0 radical (unpaired) electrons. The van der Waals surface area contributed by atoms with Crippen LogP contribution in [0.3, 0.4) is 0 Å². The molecule has 0 aliphatic heterocycles. The number of rotatable bonds is 5. The van der Waals surface area contributed by atoms with E-state index in [-0.39, 0.29) is 5.41 Å².